The Morgan fingerprint density at radius 1 is 1.39 bits per heavy atom. The number of amides is 3. The molecule has 3 amide bonds. The maximum atomic E-state index is 12.1. The molecule has 1 heterocycles. The second-order valence-electron chi connectivity index (χ2n) is 5.41. The van der Waals surface area contributed by atoms with Crippen LogP contribution < -0.4 is 5.32 Å². The zero-order valence-electron chi connectivity index (χ0n) is 12.9. The topological polar surface area (TPSA) is 69.7 Å². The molecule has 0 spiro atoms. The number of nitrogens with zero attached hydrogens (tertiary/aromatic N) is 2. The van der Waals surface area contributed by atoms with Crippen molar-refractivity contribution in [1.82, 2.24) is 15.1 Å². The summed E-state index contributed by atoms with van der Waals surface area (Å²) >= 11 is 0. The first-order valence-electron chi connectivity index (χ1n) is 7.14. The van der Waals surface area contributed by atoms with Crippen LogP contribution in [0.3, 0.4) is 0 Å². The Balaban J connectivity index is 2.53. The molecule has 1 aliphatic heterocycles. The lowest BCUT2D eigenvalue weighted by atomic mass is 9.97. The Labute approximate surface area is 132 Å². The van der Waals surface area contributed by atoms with E-state index >= 15 is 0 Å². The van der Waals surface area contributed by atoms with E-state index in [0.29, 0.717) is 19.4 Å². The smallest absolute Gasteiger partial charge is 0.347 e. The van der Waals surface area contributed by atoms with Gasteiger partial charge in [0, 0.05) is 20.1 Å². The van der Waals surface area contributed by atoms with Gasteiger partial charge in [-0.3, -0.25) is 14.4 Å². The van der Waals surface area contributed by atoms with Gasteiger partial charge in [0.2, 0.25) is 17.7 Å². The molecule has 0 saturated carbocycles. The molecule has 130 valence electrons. The highest BCUT2D eigenvalue weighted by Gasteiger charge is 2.32. The number of rotatable bonds is 5. The Morgan fingerprint density at radius 2 is 2.04 bits per heavy atom. The third kappa shape index (κ3) is 6.29. The van der Waals surface area contributed by atoms with Gasteiger partial charge in [0.1, 0.15) is 6.54 Å². The molecule has 23 heavy (non-hydrogen) atoms. The largest absolute Gasteiger partial charge is 0.405 e. The summed E-state index contributed by atoms with van der Waals surface area (Å²) in [4.78, 5) is 37.8. The molecule has 1 atom stereocenters. The van der Waals surface area contributed by atoms with E-state index in [1.807, 2.05) is 5.32 Å². The van der Waals surface area contributed by atoms with Crippen LogP contribution in [0.5, 0.6) is 0 Å². The summed E-state index contributed by atoms with van der Waals surface area (Å²) in [5.74, 6) is -2.14. The van der Waals surface area contributed by atoms with Crippen LogP contribution in [0.4, 0.5) is 13.2 Å². The third-order valence-corrected chi connectivity index (χ3v) is 3.53. The maximum Gasteiger partial charge on any atom is 0.405 e. The van der Waals surface area contributed by atoms with E-state index in [4.69, 9.17) is 0 Å². The van der Waals surface area contributed by atoms with Gasteiger partial charge in [-0.2, -0.15) is 13.2 Å². The molecule has 1 unspecified atom stereocenters. The number of hydrogen-bond acceptors (Lipinski definition) is 3. The predicted octanol–water partition coefficient (Wildman–Crippen LogP) is 0.548. The quantitative estimate of drug-likeness (QED) is 0.746. The van der Waals surface area contributed by atoms with Gasteiger partial charge in [0.15, 0.2) is 0 Å². The molecule has 1 saturated heterocycles. The molecule has 6 nitrogen and oxygen atoms in total. The third-order valence-electron chi connectivity index (χ3n) is 3.53. The first-order valence-corrected chi connectivity index (χ1v) is 7.14. The summed E-state index contributed by atoms with van der Waals surface area (Å²) in [6.07, 6.45) is -2.44. The highest BCUT2D eigenvalue weighted by Crippen LogP contribution is 2.18. The van der Waals surface area contributed by atoms with Crippen molar-refractivity contribution in [2.45, 2.75) is 19.0 Å². The Bertz CT molecular complexity index is 480. The summed E-state index contributed by atoms with van der Waals surface area (Å²) in [7, 11) is 1.44. The van der Waals surface area contributed by atoms with Crippen LogP contribution in [-0.2, 0) is 14.4 Å². The monoisotopic (exact) mass is 335 g/mol. The van der Waals surface area contributed by atoms with Crippen LogP contribution in [0.25, 0.3) is 0 Å². The SMILES string of the molecule is C=CC(=O)N(C)CC(=O)N1CCCC(C(=O)NCC(F)(F)F)C1. The van der Waals surface area contributed by atoms with Crippen LogP contribution >= 0.6 is 0 Å². The van der Waals surface area contributed by atoms with Crippen molar-refractivity contribution < 1.29 is 27.6 Å². The number of halogens is 3. The van der Waals surface area contributed by atoms with E-state index in [2.05, 4.69) is 6.58 Å². The van der Waals surface area contributed by atoms with Gasteiger partial charge in [-0.15, -0.1) is 0 Å². The summed E-state index contributed by atoms with van der Waals surface area (Å²) < 4.78 is 36.3. The Kier molecular flexibility index (Phi) is 6.59. The van der Waals surface area contributed by atoms with Gasteiger partial charge in [-0.25, -0.2) is 0 Å². The number of hydrogen-bond donors (Lipinski definition) is 1. The van der Waals surface area contributed by atoms with Gasteiger partial charge in [0.05, 0.1) is 12.5 Å². The first kappa shape index (κ1) is 19.0. The van der Waals surface area contributed by atoms with Crippen molar-refractivity contribution in [1.29, 1.82) is 0 Å². The minimum Gasteiger partial charge on any atom is -0.347 e. The lowest BCUT2D eigenvalue weighted by Gasteiger charge is -2.33. The lowest BCUT2D eigenvalue weighted by Crippen LogP contribution is -2.49. The van der Waals surface area contributed by atoms with Gasteiger partial charge >= 0.3 is 6.18 Å². The van der Waals surface area contributed by atoms with E-state index in [1.165, 1.54) is 16.8 Å². The van der Waals surface area contributed by atoms with Crippen LogP contribution in [-0.4, -0.2) is 66.9 Å². The number of likely N-dealkylation sites (N-methyl/N-ethyl adjacent to an activating group) is 1. The Morgan fingerprint density at radius 3 is 2.61 bits per heavy atom. The number of likely N-dealkylation sites (tertiary alicyclic amines) is 1. The normalized spacial score (nSPS) is 18.3. The molecule has 0 aromatic rings. The molecule has 1 aliphatic rings. The molecule has 0 aromatic carbocycles. The van der Waals surface area contributed by atoms with Crippen molar-refractivity contribution in [2.24, 2.45) is 5.92 Å². The summed E-state index contributed by atoms with van der Waals surface area (Å²) in [5.41, 5.74) is 0. The van der Waals surface area contributed by atoms with Gasteiger partial charge in [-0.05, 0) is 18.9 Å². The number of carbonyl (C=O) groups excluding carboxylic acids is 3. The van der Waals surface area contributed by atoms with Crippen molar-refractivity contribution in [3.8, 4) is 0 Å². The minimum atomic E-state index is -4.46. The molecule has 0 bridgehead atoms. The molecule has 0 aromatic heterocycles. The number of nitrogens with one attached hydrogen (secondary N) is 1. The lowest BCUT2D eigenvalue weighted by molar-refractivity contribution is -0.144. The molecule has 0 aliphatic carbocycles. The highest BCUT2D eigenvalue weighted by molar-refractivity contribution is 5.91. The average molecular weight is 335 g/mol. The van der Waals surface area contributed by atoms with E-state index in [0.717, 1.165) is 6.08 Å². The van der Waals surface area contributed by atoms with Crippen molar-refractivity contribution >= 4 is 17.7 Å². The molecule has 1 fully saturated rings. The van der Waals surface area contributed by atoms with Crippen LogP contribution in [0.2, 0.25) is 0 Å². The van der Waals surface area contributed by atoms with Crippen LogP contribution in [0.15, 0.2) is 12.7 Å². The van der Waals surface area contributed by atoms with Crippen molar-refractivity contribution in [2.75, 3.05) is 33.2 Å². The van der Waals surface area contributed by atoms with Crippen LogP contribution in [0, 0.1) is 5.92 Å². The van der Waals surface area contributed by atoms with Gasteiger partial charge < -0.3 is 15.1 Å². The van der Waals surface area contributed by atoms with E-state index in [1.54, 1.807) is 0 Å². The van der Waals surface area contributed by atoms with Gasteiger partial charge in [0.25, 0.3) is 0 Å². The summed E-state index contributed by atoms with van der Waals surface area (Å²) in [5, 5.41) is 1.84. The highest BCUT2D eigenvalue weighted by atomic mass is 19.4. The van der Waals surface area contributed by atoms with Crippen LogP contribution in [0.1, 0.15) is 12.8 Å². The fraction of sp³-hybridized carbons (Fsp3) is 0.643. The van der Waals surface area contributed by atoms with Crippen molar-refractivity contribution in [3.05, 3.63) is 12.7 Å². The molecule has 0 radical (unpaired) electrons. The first-order chi connectivity index (χ1) is 10.6. The fourth-order valence-corrected chi connectivity index (χ4v) is 2.29. The molecule has 1 N–H and O–H groups in total. The maximum absolute atomic E-state index is 12.1. The van der Waals surface area contributed by atoms with E-state index < -0.39 is 30.5 Å². The van der Waals surface area contributed by atoms with E-state index in [-0.39, 0.29) is 19.0 Å². The Hall–Kier alpha value is -2.06. The fourth-order valence-electron chi connectivity index (χ4n) is 2.29. The number of piperidine rings is 1. The minimum absolute atomic E-state index is 0.0542. The summed E-state index contributed by atoms with van der Waals surface area (Å²) in [6, 6.07) is 0. The molecular weight excluding hydrogens is 315 g/mol. The second-order valence-corrected chi connectivity index (χ2v) is 5.41. The van der Waals surface area contributed by atoms with Crippen molar-refractivity contribution in [3.63, 3.8) is 0 Å². The zero-order chi connectivity index (χ0) is 17.6. The van der Waals surface area contributed by atoms with Gasteiger partial charge in [-0.1, -0.05) is 6.58 Å². The second kappa shape index (κ2) is 7.98. The molecule has 1 rings (SSSR count). The standard InChI is InChI=1S/C14H20F3N3O3/c1-3-11(21)19(2)8-12(22)20-6-4-5-10(7-20)13(23)18-9-14(15,16)17/h3,10H,1,4-9H2,2H3,(H,18,23). The predicted molar refractivity (Wildman–Crippen MR) is 76.2 cm³/mol. The number of alkyl halides is 3. The van der Waals surface area contributed by atoms with E-state index in [9.17, 15) is 27.6 Å². The zero-order valence-corrected chi connectivity index (χ0v) is 12.9. The summed E-state index contributed by atoms with van der Waals surface area (Å²) in [6.45, 7) is 2.24. The number of carbonyl (C=O) groups is 3. The molecular formula is C14H20F3N3O3. The molecule has 9 heteroatoms. The average Bonchev–Trinajstić information content (AvgIpc) is 2.50.